The molecule has 9 nitrogen and oxygen atoms in total. The summed E-state index contributed by atoms with van der Waals surface area (Å²) in [5.74, 6) is -2.84. The molecule has 150 valence electrons. The zero-order chi connectivity index (χ0) is 20.3. The summed E-state index contributed by atoms with van der Waals surface area (Å²) >= 11 is 1.48. The Morgan fingerprint density at radius 3 is 2.04 bits per heavy atom. The Hall–Kier alpha value is -1.81. The summed E-state index contributed by atoms with van der Waals surface area (Å²) < 4.78 is 0. The number of thioether (sulfide) groups is 1. The van der Waals surface area contributed by atoms with Crippen LogP contribution in [-0.4, -0.2) is 64.1 Å². The molecule has 6 N–H and O–H groups in total. The number of amides is 2. The molecule has 0 aromatic heterocycles. The minimum atomic E-state index is -1.34. The molecule has 0 bridgehead atoms. The topological polar surface area (TPSA) is 159 Å². The van der Waals surface area contributed by atoms with E-state index in [1.807, 2.05) is 20.1 Å². The van der Waals surface area contributed by atoms with Gasteiger partial charge in [0.15, 0.2) is 0 Å². The molecule has 0 aromatic rings. The maximum absolute atomic E-state index is 12.4. The van der Waals surface area contributed by atoms with Crippen molar-refractivity contribution in [2.75, 3.05) is 12.0 Å². The highest BCUT2D eigenvalue weighted by atomic mass is 32.2. The van der Waals surface area contributed by atoms with Crippen molar-refractivity contribution < 1.29 is 29.4 Å². The summed E-state index contributed by atoms with van der Waals surface area (Å²) in [6, 6.07) is -3.03. The zero-order valence-corrected chi connectivity index (χ0v) is 16.2. The summed E-state index contributed by atoms with van der Waals surface area (Å²) in [6.07, 6.45) is 1.97. The van der Waals surface area contributed by atoms with Crippen molar-refractivity contribution in [3.8, 4) is 0 Å². The Kier molecular flexibility index (Phi) is 11.7. The molecule has 0 saturated heterocycles. The highest BCUT2D eigenvalue weighted by molar-refractivity contribution is 7.98. The normalized spacial score (nSPS) is 14.3. The van der Waals surface area contributed by atoms with Gasteiger partial charge in [0.05, 0.1) is 6.04 Å². The average Bonchev–Trinajstić information content (AvgIpc) is 2.53. The molecule has 3 atom stereocenters. The molecule has 0 fully saturated rings. The third-order valence-corrected chi connectivity index (χ3v) is 4.21. The lowest BCUT2D eigenvalue weighted by Gasteiger charge is -2.23. The van der Waals surface area contributed by atoms with Crippen LogP contribution in [0.25, 0.3) is 0 Å². The van der Waals surface area contributed by atoms with Crippen LogP contribution >= 0.6 is 11.8 Å². The maximum atomic E-state index is 12.4. The fourth-order valence-electron chi connectivity index (χ4n) is 2.20. The van der Waals surface area contributed by atoms with E-state index in [0.29, 0.717) is 18.6 Å². The summed E-state index contributed by atoms with van der Waals surface area (Å²) in [6.45, 7) is 3.84. The highest BCUT2D eigenvalue weighted by Gasteiger charge is 2.28. The van der Waals surface area contributed by atoms with E-state index in [1.54, 1.807) is 0 Å². The summed E-state index contributed by atoms with van der Waals surface area (Å²) in [7, 11) is 0. The number of carbonyl (C=O) groups excluding carboxylic acids is 2. The smallest absolute Gasteiger partial charge is 0.326 e. The molecule has 0 radical (unpaired) electrons. The van der Waals surface area contributed by atoms with Gasteiger partial charge in [0.1, 0.15) is 12.1 Å². The monoisotopic (exact) mass is 391 g/mol. The van der Waals surface area contributed by atoms with Crippen molar-refractivity contribution in [2.45, 2.75) is 57.7 Å². The number of nitrogens with two attached hydrogens (primary N) is 1. The van der Waals surface area contributed by atoms with E-state index in [4.69, 9.17) is 15.9 Å². The number of carbonyl (C=O) groups is 4. The van der Waals surface area contributed by atoms with E-state index < -0.39 is 48.3 Å². The molecule has 26 heavy (non-hydrogen) atoms. The number of hydrogen-bond donors (Lipinski definition) is 5. The van der Waals surface area contributed by atoms with Gasteiger partial charge in [-0.3, -0.25) is 14.4 Å². The Morgan fingerprint density at radius 1 is 1.00 bits per heavy atom. The summed E-state index contributed by atoms with van der Waals surface area (Å²) in [5, 5.41) is 22.7. The van der Waals surface area contributed by atoms with E-state index >= 15 is 0 Å². The van der Waals surface area contributed by atoms with Gasteiger partial charge < -0.3 is 26.6 Å². The largest absolute Gasteiger partial charge is 0.481 e. The summed E-state index contributed by atoms with van der Waals surface area (Å²) in [5.41, 5.74) is 5.82. The molecular weight excluding hydrogens is 362 g/mol. The minimum Gasteiger partial charge on any atom is -0.481 e. The molecule has 0 aliphatic carbocycles. The average molecular weight is 391 g/mol. The van der Waals surface area contributed by atoms with E-state index in [1.165, 1.54) is 11.8 Å². The third-order valence-electron chi connectivity index (χ3n) is 3.57. The van der Waals surface area contributed by atoms with E-state index in [-0.39, 0.29) is 12.3 Å². The lowest BCUT2D eigenvalue weighted by atomic mass is 10.0. The molecule has 10 heteroatoms. The van der Waals surface area contributed by atoms with Gasteiger partial charge >= 0.3 is 11.9 Å². The van der Waals surface area contributed by atoms with Crippen LogP contribution in [0, 0.1) is 5.92 Å². The van der Waals surface area contributed by atoms with E-state index in [0.717, 1.165) is 0 Å². The van der Waals surface area contributed by atoms with Gasteiger partial charge in [0.2, 0.25) is 11.8 Å². The Balaban J connectivity index is 4.96. The Morgan fingerprint density at radius 2 is 1.58 bits per heavy atom. The molecule has 0 saturated carbocycles. The molecule has 2 amide bonds. The molecule has 0 heterocycles. The molecule has 0 spiro atoms. The molecule has 0 rings (SSSR count). The quantitative estimate of drug-likeness (QED) is 0.294. The molecule has 3 unspecified atom stereocenters. The number of hydrogen-bond acceptors (Lipinski definition) is 6. The minimum absolute atomic E-state index is 0.210. The van der Waals surface area contributed by atoms with Crippen LogP contribution in [-0.2, 0) is 19.2 Å². The summed E-state index contributed by atoms with van der Waals surface area (Å²) in [4.78, 5) is 46.4. The van der Waals surface area contributed by atoms with Crippen molar-refractivity contribution in [3.05, 3.63) is 0 Å². The number of nitrogens with one attached hydrogen (secondary N) is 2. The van der Waals surface area contributed by atoms with E-state index in [2.05, 4.69) is 10.6 Å². The Labute approximate surface area is 157 Å². The lowest BCUT2D eigenvalue weighted by molar-refractivity contribution is -0.143. The maximum Gasteiger partial charge on any atom is 0.326 e. The first-order valence-electron chi connectivity index (χ1n) is 8.38. The molecule has 0 aliphatic heterocycles. The fraction of sp³-hybridized carbons (Fsp3) is 0.750. The molecule has 0 aliphatic rings. The van der Waals surface area contributed by atoms with Gasteiger partial charge in [-0.05, 0) is 37.2 Å². The third kappa shape index (κ3) is 10.2. The second-order valence-corrected chi connectivity index (χ2v) is 7.40. The van der Waals surface area contributed by atoms with Crippen LogP contribution in [0.15, 0.2) is 0 Å². The lowest BCUT2D eigenvalue weighted by Crippen LogP contribution is -2.54. The number of carboxylic acid groups (broad SMARTS) is 2. The first kappa shape index (κ1) is 24.2. The standard InChI is InChI=1S/C16H29N3O6S/c1-9(2)8-10(17)14(22)18-11(6-7-26-3)15(23)19-12(16(24)25)4-5-13(20)21/h9-12H,4-8,17H2,1-3H3,(H,18,22)(H,19,23)(H,20,21)(H,24,25). The van der Waals surface area contributed by atoms with Crippen LogP contribution < -0.4 is 16.4 Å². The fourth-order valence-corrected chi connectivity index (χ4v) is 2.67. The first-order valence-corrected chi connectivity index (χ1v) is 9.77. The second kappa shape index (κ2) is 12.5. The molecular formula is C16H29N3O6S. The van der Waals surface area contributed by atoms with Gasteiger partial charge in [-0.15, -0.1) is 0 Å². The van der Waals surface area contributed by atoms with Crippen molar-refractivity contribution in [2.24, 2.45) is 11.7 Å². The van der Waals surface area contributed by atoms with Crippen LogP contribution in [0.1, 0.15) is 39.5 Å². The van der Waals surface area contributed by atoms with Crippen molar-refractivity contribution in [1.29, 1.82) is 0 Å². The second-order valence-electron chi connectivity index (χ2n) is 6.41. The first-order chi connectivity index (χ1) is 12.1. The van der Waals surface area contributed by atoms with Gasteiger partial charge in [-0.1, -0.05) is 13.8 Å². The van der Waals surface area contributed by atoms with Gasteiger partial charge in [0.25, 0.3) is 0 Å². The van der Waals surface area contributed by atoms with Gasteiger partial charge in [-0.2, -0.15) is 11.8 Å². The van der Waals surface area contributed by atoms with Gasteiger partial charge in [0, 0.05) is 6.42 Å². The number of aliphatic carboxylic acids is 2. The zero-order valence-electron chi connectivity index (χ0n) is 15.4. The number of carboxylic acids is 2. The Bertz CT molecular complexity index is 500. The van der Waals surface area contributed by atoms with Crippen LogP contribution in [0.4, 0.5) is 0 Å². The van der Waals surface area contributed by atoms with Crippen molar-refractivity contribution in [3.63, 3.8) is 0 Å². The van der Waals surface area contributed by atoms with Crippen molar-refractivity contribution in [1.82, 2.24) is 10.6 Å². The predicted molar refractivity (Wildman–Crippen MR) is 98.8 cm³/mol. The molecule has 0 aromatic carbocycles. The number of rotatable bonds is 13. The van der Waals surface area contributed by atoms with Crippen LogP contribution in [0.3, 0.4) is 0 Å². The highest BCUT2D eigenvalue weighted by Crippen LogP contribution is 2.07. The van der Waals surface area contributed by atoms with Crippen molar-refractivity contribution >= 4 is 35.5 Å². The van der Waals surface area contributed by atoms with Gasteiger partial charge in [-0.25, -0.2) is 4.79 Å². The van der Waals surface area contributed by atoms with Crippen LogP contribution in [0.2, 0.25) is 0 Å². The van der Waals surface area contributed by atoms with E-state index in [9.17, 15) is 19.2 Å². The predicted octanol–water partition coefficient (Wildman–Crippen LogP) is 0.0319. The van der Waals surface area contributed by atoms with Crippen LogP contribution in [0.5, 0.6) is 0 Å². The SMILES string of the molecule is CSCCC(NC(=O)C(N)CC(C)C)C(=O)NC(CCC(=O)O)C(=O)O.